The molecule has 1 aliphatic heterocycles. The zero-order valence-corrected chi connectivity index (χ0v) is 19.4. The summed E-state index contributed by atoms with van der Waals surface area (Å²) in [5.74, 6) is -2.94. The number of halogens is 3. The summed E-state index contributed by atoms with van der Waals surface area (Å²) in [6, 6.07) is 0. The van der Waals surface area contributed by atoms with Crippen molar-refractivity contribution in [1.29, 1.82) is 0 Å². The van der Waals surface area contributed by atoms with E-state index in [0.29, 0.717) is 22.4 Å². The summed E-state index contributed by atoms with van der Waals surface area (Å²) >= 11 is 0. The van der Waals surface area contributed by atoms with Gasteiger partial charge in [-0.15, -0.1) is 0 Å². The third-order valence-corrected chi connectivity index (χ3v) is 5.40. The Labute approximate surface area is 190 Å². The lowest BCUT2D eigenvalue weighted by Gasteiger charge is -2.28. The van der Waals surface area contributed by atoms with Crippen LogP contribution in [0.5, 0.6) is 5.75 Å². The maximum atomic E-state index is 13.4. The number of hydrogen-bond donors (Lipinski definition) is 0. The summed E-state index contributed by atoms with van der Waals surface area (Å²) < 4.78 is 55.6. The number of fused-ring (bicyclic) bond motifs is 1. The Hall–Kier alpha value is -3.04. The molecule has 182 valence electrons. The zero-order chi connectivity index (χ0) is 24.9. The van der Waals surface area contributed by atoms with Gasteiger partial charge in [-0.2, -0.15) is 13.2 Å². The first-order chi connectivity index (χ1) is 15.5. The number of hydrogen-bond acceptors (Lipinski definition) is 6. The fraction of sp³-hybridized carbons (Fsp3) is 0.522. The first-order valence-electron chi connectivity index (χ1n) is 10.6. The highest BCUT2D eigenvalue weighted by atomic mass is 19.4. The lowest BCUT2D eigenvalue weighted by atomic mass is 9.92. The Bertz CT molecular complexity index is 968. The van der Waals surface area contributed by atoms with E-state index in [1.807, 2.05) is 0 Å². The van der Waals surface area contributed by atoms with Crippen LogP contribution in [0.4, 0.5) is 18.9 Å². The van der Waals surface area contributed by atoms with E-state index in [4.69, 9.17) is 14.2 Å². The van der Waals surface area contributed by atoms with Gasteiger partial charge in [-0.25, -0.2) is 4.79 Å². The number of rotatable bonds is 9. The first kappa shape index (κ1) is 26.2. The molecule has 0 aromatic heterocycles. The van der Waals surface area contributed by atoms with Crippen molar-refractivity contribution in [3.05, 3.63) is 33.9 Å². The van der Waals surface area contributed by atoms with Gasteiger partial charge in [-0.3, -0.25) is 9.59 Å². The predicted molar refractivity (Wildman–Crippen MR) is 114 cm³/mol. The van der Waals surface area contributed by atoms with Gasteiger partial charge in [0.2, 0.25) is 0 Å². The molecule has 33 heavy (non-hydrogen) atoms. The van der Waals surface area contributed by atoms with Crippen LogP contribution in [0.2, 0.25) is 0 Å². The highest BCUT2D eigenvalue weighted by Gasteiger charge is 2.45. The molecule has 0 atom stereocenters. The van der Waals surface area contributed by atoms with Gasteiger partial charge in [0.1, 0.15) is 12.4 Å². The Morgan fingerprint density at radius 1 is 1.21 bits per heavy atom. The summed E-state index contributed by atoms with van der Waals surface area (Å²) in [4.78, 5) is 36.9. The van der Waals surface area contributed by atoms with E-state index >= 15 is 0 Å². The highest BCUT2D eigenvalue weighted by molar-refractivity contribution is 6.08. The summed E-state index contributed by atoms with van der Waals surface area (Å²) in [6.45, 7) is 6.40. The zero-order valence-electron chi connectivity index (χ0n) is 19.4. The first-order valence-corrected chi connectivity index (χ1v) is 10.6. The van der Waals surface area contributed by atoms with E-state index in [9.17, 15) is 27.6 Å². The molecule has 0 radical (unpaired) electrons. The number of esters is 2. The molecule has 0 spiro atoms. The standard InChI is InChI=1S/C23H28F3NO6/c1-6-27(22(30)23(24,25)26)19-15(10-8-13(3)9-11-17(28)32-7-2)20(31-5)14(4)16-12-33-21(29)18(16)19/h8H,6-7,9-12H2,1-5H3. The third kappa shape index (κ3) is 5.66. The quantitative estimate of drug-likeness (QED) is 0.392. The van der Waals surface area contributed by atoms with Crippen molar-refractivity contribution in [2.24, 2.45) is 0 Å². The molecule has 10 heteroatoms. The van der Waals surface area contributed by atoms with Crippen LogP contribution in [-0.4, -0.2) is 44.3 Å². The van der Waals surface area contributed by atoms with Crippen LogP contribution in [0.25, 0.3) is 0 Å². The molecular weight excluding hydrogens is 443 g/mol. The van der Waals surface area contributed by atoms with Crippen molar-refractivity contribution in [3.8, 4) is 5.75 Å². The van der Waals surface area contributed by atoms with E-state index in [1.165, 1.54) is 14.0 Å². The van der Waals surface area contributed by atoms with Crippen molar-refractivity contribution in [2.75, 3.05) is 25.2 Å². The molecule has 1 aliphatic rings. The van der Waals surface area contributed by atoms with E-state index in [0.717, 1.165) is 5.57 Å². The molecule has 0 unspecified atom stereocenters. The summed E-state index contributed by atoms with van der Waals surface area (Å²) in [6.07, 6.45) is -2.77. The van der Waals surface area contributed by atoms with Crippen molar-refractivity contribution in [1.82, 2.24) is 0 Å². The molecule has 1 aromatic rings. The summed E-state index contributed by atoms with van der Waals surface area (Å²) in [5, 5.41) is 0. The number of ether oxygens (including phenoxy) is 3. The van der Waals surface area contributed by atoms with Crippen LogP contribution in [0.1, 0.15) is 60.7 Å². The van der Waals surface area contributed by atoms with Crippen LogP contribution in [0.3, 0.4) is 0 Å². The second-order valence-electron chi connectivity index (χ2n) is 7.52. The van der Waals surface area contributed by atoms with Crippen molar-refractivity contribution < 1.29 is 41.8 Å². The molecule has 0 bridgehead atoms. The molecule has 0 N–H and O–H groups in total. The Morgan fingerprint density at radius 2 is 1.88 bits per heavy atom. The Morgan fingerprint density at radius 3 is 2.42 bits per heavy atom. The number of allylic oxidation sites excluding steroid dienone is 2. The van der Waals surface area contributed by atoms with Gasteiger partial charge < -0.3 is 19.1 Å². The molecule has 1 aromatic carbocycles. The van der Waals surface area contributed by atoms with Crippen LogP contribution < -0.4 is 9.64 Å². The number of nitrogens with zero attached hydrogens (tertiary/aromatic N) is 1. The minimum Gasteiger partial charge on any atom is -0.496 e. The van der Waals surface area contributed by atoms with Gasteiger partial charge in [0.25, 0.3) is 0 Å². The average molecular weight is 471 g/mol. The number of carbonyl (C=O) groups excluding carboxylic acids is 3. The number of carbonyl (C=O) groups is 3. The number of alkyl halides is 3. The average Bonchev–Trinajstić information content (AvgIpc) is 3.14. The van der Waals surface area contributed by atoms with Crippen LogP contribution in [0, 0.1) is 6.92 Å². The Kier molecular flexibility index (Phi) is 8.51. The minimum atomic E-state index is -5.13. The topological polar surface area (TPSA) is 82.1 Å². The van der Waals surface area contributed by atoms with Crippen LogP contribution in [-0.2, 0) is 32.1 Å². The molecule has 0 saturated carbocycles. The lowest BCUT2D eigenvalue weighted by Crippen LogP contribution is -2.42. The van der Waals surface area contributed by atoms with Crippen LogP contribution in [0.15, 0.2) is 11.6 Å². The second-order valence-corrected chi connectivity index (χ2v) is 7.52. The maximum absolute atomic E-state index is 13.4. The summed E-state index contributed by atoms with van der Waals surface area (Å²) in [7, 11) is 1.37. The third-order valence-electron chi connectivity index (χ3n) is 5.40. The van der Waals surface area contributed by atoms with Crippen molar-refractivity contribution in [2.45, 2.75) is 59.7 Å². The van der Waals surface area contributed by atoms with E-state index < -0.39 is 18.1 Å². The van der Waals surface area contributed by atoms with E-state index in [2.05, 4.69) is 0 Å². The number of benzene rings is 1. The van der Waals surface area contributed by atoms with Crippen LogP contribution >= 0.6 is 0 Å². The molecule has 1 amide bonds. The van der Waals surface area contributed by atoms with Gasteiger partial charge in [0, 0.05) is 24.1 Å². The lowest BCUT2D eigenvalue weighted by molar-refractivity contribution is -0.170. The van der Waals surface area contributed by atoms with Gasteiger partial charge in [-0.1, -0.05) is 11.6 Å². The van der Waals surface area contributed by atoms with Crippen molar-refractivity contribution in [3.63, 3.8) is 0 Å². The van der Waals surface area contributed by atoms with E-state index in [1.54, 1.807) is 26.8 Å². The molecule has 7 nitrogen and oxygen atoms in total. The largest absolute Gasteiger partial charge is 0.496 e. The number of methoxy groups -OCH3 is 1. The summed E-state index contributed by atoms with van der Waals surface area (Å²) in [5.41, 5.74) is 1.80. The number of anilines is 1. The molecular formula is C23H28F3NO6. The second kappa shape index (κ2) is 10.7. The number of amides is 1. The molecule has 0 aliphatic carbocycles. The normalized spacial score (nSPS) is 13.5. The maximum Gasteiger partial charge on any atom is 0.471 e. The highest BCUT2D eigenvalue weighted by Crippen LogP contribution is 2.44. The molecule has 0 saturated heterocycles. The van der Waals surface area contributed by atoms with Gasteiger partial charge >= 0.3 is 24.0 Å². The van der Waals surface area contributed by atoms with Gasteiger partial charge in [0.05, 0.1) is 25.0 Å². The fourth-order valence-corrected chi connectivity index (χ4v) is 3.79. The minimum absolute atomic E-state index is 0.0553. The smallest absolute Gasteiger partial charge is 0.471 e. The predicted octanol–water partition coefficient (Wildman–Crippen LogP) is 4.42. The van der Waals surface area contributed by atoms with Crippen molar-refractivity contribution >= 4 is 23.5 Å². The SMILES string of the molecule is CCOC(=O)CCC(C)=CCc1c(OC)c(C)c2c(c1N(CC)C(=O)C(F)(F)F)C(=O)OC2. The number of cyclic esters (lactones) is 1. The molecule has 0 fully saturated rings. The van der Waals surface area contributed by atoms with Gasteiger partial charge in [0.15, 0.2) is 0 Å². The Balaban J connectivity index is 2.61. The molecule has 1 heterocycles. The molecule has 2 rings (SSSR count). The monoisotopic (exact) mass is 471 g/mol. The fourth-order valence-electron chi connectivity index (χ4n) is 3.79. The van der Waals surface area contributed by atoms with Gasteiger partial charge in [-0.05, 0) is 46.1 Å². The van der Waals surface area contributed by atoms with E-state index in [-0.39, 0.29) is 61.1 Å².